The standard InChI is InChI=1S/C23H31BrN4O5/c1-13(2)18(26-21(30)32-6)20(29)27-11-7-8-16(27)19-25-15-10-9-14(24)12-17(15)28(19)22(31)33-23(3,4)5/h9-10,12-13,16,18H,7-8,11H2,1-6H3,(H,26,30). The molecule has 2 atom stereocenters. The van der Waals surface area contributed by atoms with Crippen LogP contribution in [0.2, 0.25) is 0 Å². The number of rotatable bonds is 4. The third-order valence-electron chi connectivity index (χ3n) is 5.44. The second-order valence-electron chi connectivity index (χ2n) is 9.47. The zero-order chi connectivity index (χ0) is 24.5. The quantitative estimate of drug-likeness (QED) is 0.627. The van der Waals surface area contributed by atoms with Crippen molar-refractivity contribution >= 4 is 45.1 Å². The lowest BCUT2D eigenvalue weighted by atomic mass is 10.0. The van der Waals surface area contributed by atoms with Gasteiger partial charge in [-0.25, -0.2) is 19.1 Å². The lowest BCUT2D eigenvalue weighted by molar-refractivity contribution is -0.135. The van der Waals surface area contributed by atoms with Crippen LogP contribution >= 0.6 is 15.9 Å². The van der Waals surface area contributed by atoms with Crippen molar-refractivity contribution in [3.05, 3.63) is 28.5 Å². The molecule has 0 spiro atoms. The van der Waals surface area contributed by atoms with Gasteiger partial charge in [0.2, 0.25) is 5.91 Å². The lowest BCUT2D eigenvalue weighted by Gasteiger charge is -2.30. The largest absolute Gasteiger partial charge is 0.453 e. The third kappa shape index (κ3) is 5.48. The summed E-state index contributed by atoms with van der Waals surface area (Å²) in [4.78, 5) is 45.0. The molecule has 180 valence electrons. The van der Waals surface area contributed by atoms with Crippen LogP contribution in [0.5, 0.6) is 0 Å². The Balaban J connectivity index is 2.05. The number of likely N-dealkylation sites (tertiary alicyclic amines) is 1. The van der Waals surface area contributed by atoms with Crippen molar-refractivity contribution in [2.45, 2.75) is 65.1 Å². The first-order chi connectivity index (χ1) is 15.4. The first kappa shape index (κ1) is 25.0. The molecule has 1 aromatic carbocycles. The molecule has 9 nitrogen and oxygen atoms in total. The van der Waals surface area contributed by atoms with Gasteiger partial charge < -0.3 is 19.7 Å². The van der Waals surface area contributed by atoms with Crippen LogP contribution in [-0.2, 0) is 14.3 Å². The number of fused-ring (bicyclic) bond motifs is 1. The Bertz CT molecular complexity index is 1060. The maximum absolute atomic E-state index is 13.5. The van der Waals surface area contributed by atoms with Crippen LogP contribution in [0.25, 0.3) is 11.0 Å². The maximum atomic E-state index is 13.5. The number of carbonyl (C=O) groups is 3. The lowest BCUT2D eigenvalue weighted by Crippen LogP contribution is -2.51. The van der Waals surface area contributed by atoms with Crippen molar-refractivity contribution in [3.63, 3.8) is 0 Å². The number of ether oxygens (including phenoxy) is 2. The Kier molecular flexibility index (Phi) is 7.36. The number of hydrogen-bond acceptors (Lipinski definition) is 6. The maximum Gasteiger partial charge on any atom is 0.420 e. The molecule has 2 heterocycles. The molecule has 0 saturated carbocycles. The number of alkyl carbamates (subject to hydrolysis) is 1. The summed E-state index contributed by atoms with van der Waals surface area (Å²) in [6.07, 6.45) is 0.178. The van der Waals surface area contributed by atoms with E-state index in [1.54, 1.807) is 25.7 Å². The number of methoxy groups -OCH3 is 1. The number of nitrogens with one attached hydrogen (secondary N) is 1. The Morgan fingerprint density at radius 3 is 2.55 bits per heavy atom. The summed E-state index contributed by atoms with van der Waals surface area (Å²) in [7, 11) is 1.26. The summed E-state index contributed by atoms with van der Waals surface area (Å²) in [6.45, 7) is 9.62. The fourth-order valence-electron chi connectivity index (χ4n) is 3.97. The van der Waals surface area contributed by atoms with Crippen LogP contribution < -0.4 is 5.32 Å². The van der Waals surface area contributed by atoms with E-state index in [0.29, 0.717) is 29.8 Å². The highest BCUT2D eigenvalue weighted by atomic mass is 79.9. The van der Waals surface area contributed by atoms with E-state index >= 15 is 0 Å². The van der Waals surface area contributed by atoms with Crippen molar-refractivity contribution in [1.82, 2.24) is 19.8 Å². The highest BCUT2D eigenvalue weighted by Crippen LogP contribution is 2.35. The highest BCUT2D eigenvalue weighted by Gasteiger charge is 2.39. The van der Waals surface area contributed by atoms with Crippen molar-refractivity contribution in [3.8, 4) is 0 Å². The smallest absolute Gasteiger partial charge is 0.420 e. The fourth-order valence-corrected chi connectivity index (χ4v) is 4.32. The number of benzene rings is 1. The van der Waals surface area contributed by atoms with Gasteiger partial charge >= 0.3 is 12.2 Å². The van der Waals surface area contributed by atoms with E-state index < -0.39 is 29.9 Å². The van der Waals surface area contributed by atoms with Crippen molar-refractivity contribution in [2.75, 3.05) is 13.7 Å². The predicted octanol–water partition coefficient (Wildman–Crippen LogP) is 4.63. The molecule has 1 aliphatic heterocycles. The topological polar surface area (TPSA) is 103 Å². The van der Waals surface area contributed by atoms with Crippen LogP contribution in [0.3, 0.4) is 0 Å². The van der Waals surface area contributed by atoms with Crippen LogP contribution in [0.15, 0.2) is 22.7 Å². The number of hydrogen-bond donors (Lipinski definition) is 1. The summed E-state index contributed by atoms with van der Waals surface area (Å²) >= 11 is 3.46. The molecule has 2 amide bonds. The second kappa shape index (κ2) is 9.70. The summed E-state index contributed by atoms with van der Waals surface area (Å²) in [5.74, 6) is 0.0594. The molecule has 1 aromatic heterocycles. The SMILES string of the molecule is COC(=O)NC(C(=O)N1CCCC1c1nc2ccc(Br)cc2n1C(=O)OC(C)(C)C)C(C)C. The fraction of sp³-hybridized carbons (Fsp3) is 0.565. The normalized spacial score (nSPS) is 17.3. The monoisotopic (exact) mass is 522 g/mol. The van der Waals surface area contributed by atoms with E-state index in [4.69, 9.17) is 14.5 Å². The molecule has 1 N–H and O–H groups in total. The molecule has 1 fully saturated rings. The minimum atomic E-state index is -0.758. The molecule has 0 bridgehead atoms. The van der Waals surface area contributed by atoms with Gasteiger partial charge in [0.1, 0.15) is 17.5 Å². The van der Waals surface area contributed by atoms with E-state index in [1.807, 2.05) is 32.0 Å². The van der Waals surface area contributed by atoms with Gasteiger partial charge in [0.15, 0.2) is 0 Å². The molecule has 1 saturated heterocycles. The minimum Gasteiger partial charge on any atom is -0.453 e. The zero-order valence-electron chi connectivity index (χ0n) is 19.8. The number of halogens is 1. The molecule has 33 heavy (non-hydrogen) atoms. The van der Waals surface area contributed by atoms with E-state index in [1.165, 1.54) is 11.7 Å². The van der Waals surface area contributed by atoms with Gasteiger partial charge in [0, 0.05) is 11.0 Å². The van der Waals surface area contributed by atoms with E-state index in [0.717, 1.165) is 10.9 Å². The number of imidazole rings is 1. The number of nitrogens with zero attached hydrogens (tertiary/aromatic N) is 3. The van der Waals surface area contributed by atoms with Gasteiger partial charge in [0.05, 0.1) is 24.2 Å². The molecule has 3 rings (SSSR count). The van der Waals surface area contributed by atoms with Crippen molar-refractivity contribution < 1.29 is 23.9 Å². The van der Waals surface area contributed by atoms with Crippen LogP contribution in [0.4, 0.5) is 9.59 Å². The van der Waals surface area contributed by atoms with Gasteiger partial charge in [-0.1, -0.05) is 29.8 Å². The van der Waals surface area contributed by atoms with Gasteiger partial charge in [0.25, 0.3) is 0 Å². The molecule has 0 aliphatic carbocycles. The Hall–Kier alpha value is -2.62. The number of aromatic nitrogens is 2. The average molecular weight is 523 g/mol. The molecule has 1 aliphatic rings. The first-order valence-corrected chi connectivity index (χ1v) is 11.8. The van der Waals surface area contributed by atoms with Gasteiger partial charge in [-0.15, -0.1) is 0 Å². The summed E-state index contributed by atoms with van der Waals surface area (Å²) in [5, 5.41) is 2.64. The van der Waals surface area contributed by atoms with Crippen LogP contribution in [-0.4, -0.2) is 57.8 Å². The Morgan fingerprint density at radius 1 is 1.24 bits per heavy atom. The summed E-state index contributed by atoms with van der Waals surface area (Å²) in [6, 6.07) is 4.29. The van der Waals surface area contributed by atoms with E-state index in [9.17, 15) is 14.4 Å². The van der Waals surface area contributed by atoms with Crippen LogP contribution in [0, 0.1) is 5.92 Å². The molecular formula is C23H31BrN4O5. The third-order valence-corrected chi connectivity index (χ3v) is 5.94. The molecule has 0 radical (unpaired) electrons. The minimum absolute atomic E-state index is 0.154. The molecule has 2 aromatic rings. The van der Waals surface area contributed by atoms with E-state index in [-0.39, 0.29) is 11.8 Å². The Morgan fingerprint density at radius 2 is 1.94 bits per heavy atom. The molecule has 10 heteroatoms. The summed E-state index contributed by atoms with van der Waals surface area (Å²) in [5.41, 5.74) is 0.530. The Labute approximate surface area is 201 Å². The average Bonchev–Trinajstić information content (AvgIpc) is 3.33. The number of amides is 2. The summed E-state index contributed by atoms with van der Waals surface area (Å²) < 4.78 is 12.6. The second-order valence-corrected chi connectivity index (χ2v) is 10.4. The van der Waals surface area contributed by atoms with Gasteiger partial charge in [-0.3, -0.25) is 4.79 Å². The highest BCUT2D eigenvalue weighted by molar-refractivity contribution is 9.10. The first-order valence-electron chi connectivity index (χ1n) is 11.0. The van der Waals surface area contributed by atoms with Gasteiger partial charge in [-0.05, 0) is 57.7 Å². The zero-order valence-corrected chi connectivity index (χ0v) is 21.4. The van der Waals surface area contributed by atoms with E-state index in [2.05, 4.69) is 21.2 Å². The van der Waals surface area contributed by atoms with Crippen molar-refractivity contribution in [1.29, 1.82) is 0 Å². The molecular weight excluding hydrogens is 492 g/mol. The van der Waals surface area contributed by atoms with Gasteiger partial charge in [-0.2, -0.15) is 0 Å². The van der Waals surface area contributed by atoms with Crippen molar-refractivity contribution in [2.24, 2.45) is 5.92 Å². The number of carbonyl (C=O) groups excluding carboxylic acids is 3. The van der Waals surface area contributed by atoms with Crippen LogP contribution in [0.1, 0.15) is 59.3 Å². The predicted molar refractivity (Wildman–Crippen MR) is 127 cm³/mol. The molecule has 2 unspecified atom stereocenters.